The molecule has 0 aliphatic carbocycles. The highest BCUT2D eigenvalue weighted by molar-refractivity contribution is 7.13. The van der Waals surface area contributed by atoms with Crippen LogP contribution in [0.5, 0.6) is 0 Å². The van der Waals surface area contributed by atoms with Gasteiger partial charge in [-0.15, -0.1) is 16.4 Å². The first kappa shape index (κ1) is 26.3. The van der Waals surface area contributed by atoms with Gasteiger partial charge in [-0.1, -0.05) is 43.3 Å². The van der Waals surface area contributed by atoms with Gasteiger partial charge in [0.1, 0.15) is 5.84 Å². The second-order valence-corrected chi connectivity index (χ2v) is 11.1. The summed E-state index contributed by atoms with van der Waals surface area (Å²) >= 11 is 1.57. The van der Waals surface area contributed by atoms with Crippen molar-refractivity contribution in [3.8, 4) is 10.4 Å². The van der Waals surface area contributed by atoms with Gasteiger partial charge >= 0.3 is 0 Å². The number of thiazole rings is 1. The summed E-state index contributed by atoms with van der Waals surface area (Å²) < 4.78 is 1.35. The van der Waals surface area contributed by atoms with Crippen LogP contribution in [0.15, 0.2) is 41.0 Å². The van der Waals surface area contributed by atoms with Crippen LogP contribution < -0.4 is 5.32 Å². The van der Waals surface area contributed by atoms with Gasteiger partial charge in [0.05, 0.1) is 39.8 Å². The van der Waals surface area contributed by atoms with Crippen LogP contribution in [-0.4, -0.2) is 81.3 Å². The molecule has 2 aromatic heterocycles. The first-order valence-corrected chi connectivity index (χ1v) is 13.4. The summed E-state index contributed by atoms with van der Waals surface area (Å²) in [6.07, 6.45) is 1.16. The number of hydrogen-bond acceptors (Lipinski definition) is 8. The van der Waals surface area contributed by atoms with Gasteiger partial charge in [-0.05, 0) is 30.9 Å². The largest absolute Gasteiger partial charge is 0.391 e. The Morgan fingerprint density at radius 1 is 1.32 bits per heavy atom. The summed E-state index contributed by atoms with van der Waals surface area (Å²) in [5.41, 5.74) is 3.87. The molecule has 4 heterocycles. The van der Waals surface area contributed by atoms with Crippen molar-refractivity contribution in [3.63, 3.8) is 0 Å². The van der Waals surface area contributed by atoms with E-state index in [2.05, 4.69) is 20.6 Å². The second kappa shape index (κ2) is 10.1. The zero-order valence-corrected chi connectivity index (χ0v) is 22.5. The molecule has 3 aromatic rings. The van der Waals surface area contributed by atoms with Crippen molar-refractivity contribution in [1.29, 1.82) is 0 Å². The third-order valence-electron chi connectivity index (χ3n) is 7.29. The molecule has 2 unspecified atom stereocenters. The molecular weight excluding hydrogens is 500 g/mol. The molecule has 0 spiro atoms. The number of amidine groups is 1. The predicted octanol–water partition coefficient (Wildman–Crippen LogP) is 1.41. The number of carbonyl (C=O) groups excluding carboxylic acids is 2. The maximum absolute atomic E-state index is 13.8. The lowest BCUT2D eigenvalue weighted by molar-refractivity contribution is -0.134. The highest BCUT2D eigenvalue weighted by Gasteiger charge is 2.48. The molecule has 2 aliphatic rings. The molecule has 1 saturated heterocycles. The van der Waals surface area contributed by atoms with Crippen molar-refractivity contribution < 1.29 is 14.7 Å². The standard InChI is InChI=1S/C25H28B2N7O3S/c1-13(2)20(18-11-34(27-26)32-31-18)23(36)33-10-17(35)9-19(33)22-29-24(37)25(4,30-22)16-7-5-15(6-8-16)21-14(3)28-12-38-21/h5-8,11-13,17,19-20,35H,9-10H2,1-4H3,(H,29,30,37)/t17-,19?,20?,25+/m1/s1. The minimum Gasteiger partial charge on any atom is -0.391 e. The van der Waals surface area contributed by atoms with Gasteiger partial charge in [0.2, 0.25) is 13.2 Å². The minimum absolute atomic E-state index is 0.0881. The molecule has 3 radical (unpaired) electrons. The van der Waals surface area contributed by atoms with Gasteiger partial charge in [0.15, 0.2) is 5.54 Å². The van der Waals surface area contributed by atoms with E-state index < -0.39 is 23.6 Å². The summed E-state index contributed by atoms with van der Waals surface area (Å²) in [5, 5.41) is 21.5. The summed E-state index contributed by atoms with van der Waals surface area (Å²) in [5.74, 6) is -0.783. The number of β-amino-alcohol motifs (C(OH)–C–C–N with tert-alkyl or cyclic N) is 1. The Morgan fingerprint density at radius 3 is 2.66 bits per heavy atom. The van der Waals surface area contributed by atoms with Crippen LogP contribution in [0, 0.1) is 12.8 Å². The Morgan fingerprint density at radius 2 is 2.05 bits per heavy atom. The Bertz CT molecular complexity index is 1390. The monoisotopic (exact) mass is 528 g/mol. The Kier molecular flexibility index (Phi) is 6.99. The van der Waals surface area contributed by atoms with Crippen molar-refractivity contribution in [2.24, 2.45) is 10.9 Å². The minimum atomic E-state index is -1.16. The number of aliphatic hydroxyl groups excluding tert-OH is 1. The van der Waals surface area contributed by atoms with Crippen LogP contribution in [0.25, 0.3) is 10.4 Å². The lowest BCUT2D eigenvalue weighted by atomic mass is 9.67. The fourth-order valence-electron chi connectivity index (χ4n) is 5.19. The lowest BCUT2D eigenvalue weighted by Gasteiger charge is -2.29. The summed E-state index contributed by atoms with van der Waals surface area (Å²) in [7, 11) is 6.79. The quantitative estimate of drug-likeness (QED) is 0.447. The van der Waals surface area contributed by atoms with Crippen molar-refractivity contribution >= 4 is 44.0 Å². The van der Waals surface area contributed by atoms with E-state index in [1.54, 1.807) is 29.4 Å². The lowest BCUT2D eigenvalue weighted by Crippen LogP contribution is -2.48. The number of amides is 2. The number of aromatic nitrogens is 4. The van der Waals surface area contributed by atoms with E-state index >= 15 is 0 Å². The molecule has 0 bridgehead atoms. The van der Waals surface area contributed by atoms with Crippen LogP contribution >= 0.6 is 11.3 Å². The molecular formula is C25H28B2N7O3S. The number of likely N-dealkylation sites (tertiary alicyclic amines) is 1. The van der Waals surface area contributed by atoms with E-state index in [1.165, 1.54) is 11.9 Å². The number of benzene rings is 1. The van der Waals surface area contributed by atoms with E-state index in [0.717, 1.165) is 21.7 Å². The number of carbonyl (C=O) groups is 2. The van der Waals surface area contributed by atoms with Gasteiger partial charge in [0, 0.05) is 26.9 Å². The van der Waals surface area contributed by atoms with E-state index in [0.29, 0.717) is 11.5 Å². The molecule has 2 N–H and O–H groups in total. The number of aryl methyl sites for hydroxylation is 1. The Labute approximate surface area is 227 Å². The van der Waals surface area contributed by atoms with Crippen LogP contribution in [-0.2, 0) is 15.1 Å². The third kappa shape index (κ3) is 4.58. The van der Waals surface area contributed by atoms with Gasteiger partial charge in [-0.3, -0.25) is 9.59 Å². The molecule has 2 amide bonds. The molecule has 193 valence electrons. The smallest absolute Gasteiger partial charge is 0.257 e. The molecule has 13 heteroatoms. The number of rotatable bonds is 7. The zero-order valence-electron chi connectivity index (χ0n) is 21.7. The van der Waals surface area contributed by atoms with Crippen LogP contribution in [0.3, 0.4) is 0 Å². The van der Waals surface area contributed by atoms with E-state index in [9.17, 15) is 14.7 Å². The van der Waals surface area contributed by atoms with Gasteiger partial charge < -0.3 is 19.9 Å². The molecule has 2 aliphatic heterocycles. The molecule has 5 rings (SSSR count). The average Bonchev–Trinajstić information content (AvgIpc) is 3.67. The SMILES string of the molecule is [B][B]n1cc(C(C(=O)N2C[C@H](O)CC2C2=N[C@@](C)(c3ccc(-c4scnc4C)cc3)C(=O)N2)C(C)C)nn1. The number of aliphatic imine (C=N–C) groups is 1. The first-order valence-electron chi connectivity index (χ1n) is 12.5. The normalized spacial score (nSPS) is 24.0. The number of aliphatic hydroxyl groups is 1. The first-order chi connectivity index (χ1) is 18.1. The Balaban J connectivity index is 1.43. The maximum atomic E-state index is 13.8. The molecule has 10 nitrogen and oxygen atoms in total. The summed E-state index contributed by atoms with van der Waals surface area (Å²) in [6, 6.07) is 7.17. The average molecular weight is 528 g/mol. The third-order valence-corrected chi connectivity index (χ3v) is 8.27. The molecule has 4 atom stereocenters. The maximum Gasteiger partial charge on any atom is 0.257 e. The molecule has 1 fully saturated rings. The van der Waals surface area contributed by atoms with Crippen LogP contribution in [0.2, 0.25) is 0 Å². The van der Waals surface area contributed by atoms with Crippen molar-refractivity contribution in [2.75, 3.05) is 6.54 Å². The van der Waals surface area contributed by atoms with Crippen LogP contribution in [0.4, 0.5) is 0 Å². The van der Waals surface area contributed by atoms with Crippen LogP contribution in [0.1, 0.15) is 50.1 Å². The van der Waals surface area contributed by atoms with E-state index in [1.807, 2.05) is 50.5 Å². The van der Waals surface area contributed by atoms with E-state index in [4.69, 9.17) is 12.7 Å². The highest BCUT2D eigenvalue weighted by atomic mass is 32.1. The fourth-order valence-corrected chi connectivity index (χ4v) is 6.00. The van der Waals surface area contributed by atoms with Crippen molar-refractivity contribution in [1.82, 2.24) is 30.1 Å². The second-order valence-electron chi connectivity index (χ2n) is 10.3. The predicted molar refractivity (Wildman–Crippen MR) is 146 cm³/mol. The van der Waals surface area contributed by atoms with Crippen molar-refractivity contribution in [3.05, 3.63) is 52.9 Å². The van der Waals surface area contributed by atoms with E-state index in [-0.39, 0.29) is 30.7 Å². The van der Waals surface area contributed by atoms with Crippen molar-refractivity contribution in [2.45, 2.75) is 57.7 Å². The summed E-state index contributed by atoms with van der Waals surface area (Å²) in [6.45, 7) is 7.72. The van der Waals surface area contributed by atoms with Gasteiger partial charge in [-0.2, -0.15) is 0 Å². The zero-order chi connectivity index (χ0) is 27.2. The van der Waals surface area contributed by atoms with Gasteiger partial charge in [0.25, 0.3) is 5.91 Å². The summed E-state index contributed by atoms with van der Waals surface area (Å²) in [4.78, 5) is 38.9. The highest BCUT2D eigenvalue weighted by Crippen LogP contribution is 2.36. The number of hydrogen-bond donors (Lipinski definition) is 2. The molecule has 1 aromatic carbocycles. The fraction of sp³-hybridized carbons (Fsp3) is 0.440. The topological polar surface area (TPSA) is 126 Å². The Hall–Kier alpha value is -3.31. The molecule has 38 heavy (non-hydrogen) atoms. The number of nitrogens with one attached hydrogen (secondary N) is 1. The van der Waals surface area contributed by atoms with Gasteiger partial charge in [-0.25, -0.2) is 9.98 Å². The number of nitrogens with zero attached hydrogens (tertiary/aromatic N) is 6. The molecule has 0 saturated carbocycles.